The number of aliphatic imine (C=N–C) groups is 1. The Morgan fingerprint density at radius 1 is 1.17 bits per heavy atom. The van der Waals surface area contributed by atoms with Gasteiger partial charge in [0, 0.05) is 24.5 Å². The van der Waals surface area contributed by atoms with Crippen molar-refractivity contribution in [2.24, 2.45) is 16.5 Å². The largest absolute Gasteiger partial charge is 0.370 e. The highest BCUT2D eigenvalue weighted by Gasteiger charge is 2.07. The second-order valence-corrected chi connectivity index (χ2v) is 6.44. The summed E-state index contributed by atoms with van der Waals surface area (Å²) < 4.78 is 0. The van der Waals surface area contributed by atoms with Gasteiger partial charge in [-0.3, -0.25) is 14.8 Å². The summed E-state index contributed by atoms with van der Waals surface area (Å²) in [5.41, 5.74) is 17.4. The molecule has 2 heterocycles. The minimum Gasteiger partial charge on any atom is -0.370 e. The first-order valence-corrected chi connectivity index (χ1v) is 9.38. The van der Waals surface area contributed by atoms with E-state index in [2.05, 4.69) is 39.5 Å². The summed E-state index contributed by atoms with van der Waals surface area (Å²) in [6.07, 6.45) is 6.23. The van der Waals surface area contributed by atoms with Gasteiger partial charge in [-0.1, -0.05) is 17.7 Å². The van der Waals surface area contributed by atoms with Crippen LogP contribution >= 0.6 is 0 Å². The maximum absolute atomic E-state index is 5.34. The normalized spacial score (nSPS) is 11.2. The van der Waals surface area contributed by atoms with Crippen molar-refractivity contribution >= 4 is 29.0 Å². The maximum Gasteiger partial charge on any atom is 0.185 e. The van der Waals surface area contributed by atoms with Crippen molar-refractivity contribution in [2.45, 2.75) is 13.3 Å². The number of aromatic nitrogens is 3. The van der Waals surface area contributed by atoms with Crippen molar-refractivity contribution in [2.75, 3.05) is 19.7 Å². The Balaban J connectivity index is 1.71. The summed E-state index contributed by atoms with van der Waals surface area (Å²) in [7, 11) is 0. The van der Waals surface area contributed by atoms with E-state index in [1.807, 2.05) is 36.4 Å². The van der Waals surface area contributed by atoms with Gasteiger partial charge in [-0.2, -0.15) is 0 Å². The van der Waals surface area contributed by atoms with Crippen molar-refractivity contribution in [3.05, 3.63) is 65.4 Å². The van der Waals surface area contributed by atoms with Crippen LogP contribution in [-0.2, 0) is 11.3 Å². The van der Waals surface area contributed by atoms with Crippen molar-refractivity contribution in [3.63, 3.8) is 0 Å². The summed E-state index contributed by atoms with van der Waals surface area (Å²) >= 11 is 0. The molecule has 0 bridgehead atoms. The SMILES string of the molecule is Cc1ccc2nc(C=Cc3ccccn3)nc(CCNOCCN=C(N)N)c2c1. The number of guanidine groups is 1. The third kappa shape index (κ3) is 6.34. The van der Waals surface area contributed by atoms with Crippen LogP contribution in [0, 0.1) is 6.92 Å². The molecule has 0 aliphatic heterocycles. The lowest BCUT2D eigenvalue weighted by atomic mass is 10.1. The second kappa shape index (κ2) is 10.3. The topological polar surface area (TPSA) is 124 Å². The van der Waals surface area contributed by atoms with Gasteiger partial charge in [0.25, 0.3) is 0 Å². The minimum absolute atomic E-state index is 0.0581. The lowest BCUT2D eigenvalue weighted by Gasteiger charge is -2.09. The predicted octanol–water partition coefficient (Wildman–Crippen LogP) is 1.84. The van der Waals surface area contributed by atoms with Gasteiger partial charge in [-0.05, 0) is 43.3 Å². The standard InChI is InChI=1S/C21H25N7O/c1-15-5-7-18-17(14-15)19(9-11-26-29-13-12-25-21(22)23)28-20(27-18)8-6-16-4-2-3-10-24-16/h2-8,10,14,26H,9,11-13H2,1H3,(H4,22,23,25). The van der Waals surface area contributed by atoms with Gasteiger partial charge in [-0.25, -0.2) is 15.4 Å². The van der Waals surface area contributed by atoms with E-state index in [0.29, 0.717) is 31.9 Å². The molecule has 5 N–H and O–H groups in total. The van der Waals surface area contributed by atoms with E-state index < -0.39 is 0 Å². The maximum atomic E-state index is 5.34. The molecule has 0 aliphatic rings. The van der Waals surface area contributed by atoms with Crippen LogP contribution in [0.2, 0.25) is 0 Å². The molecule has 3 rings (SSSR count). The van der Waals surface area contributed by atoms with E-state index in [-0.39, 0.29) is 5.96 Å². The summed E-state index contributed by atoms with van der Waals surface area (Å²) in [6, 6.07) is 11.9. The van der Waals surface area contributed by atoms with Crippen LogP contribution in [0.1, 0.15) is 22.8 Å². The monoisotopic (exact) mass is 391 g/mol. The average molecular weight is 391 g/mol. The fourth-order valence-corrected chi connectivity index (χ4v) is 2.76. The number of nitrogens with zero attached hydrogens (tertiary/aromatic N) is 4. The Hall–Kier alpha value is -3.36. The van der Waals surface area contributed by atoms with Crippen LogP contribution < -0.4 is 16.9 Å². The molecule has 0 unspecified atom stereocenters. The molecule has 8 nitrogen and oxygen atoms in total. The van der Waals surface area contributed by atoms with E-state index in [9.17, 15) is 0 Å². The summed E-state index contributed by atoms with van der Waals surface area (Å²) in [5.74, 6) is 0.707. The number of pyridine rings is 1. The number of fused-ring (bicyclic) bond motifs is 1. The fraction of sp³-hybridized carbons (Fsp3) is 0.238. The third-order valence-corrected chi connectivity index (χ3v) is 4.09. The Morgan fingerprint density at radius 3 is 2.86 bits per heavy atom. The van der Waals surface area contributed by atoms with Gasteiger partial charge in [-0.15, -0.1) is 0 Å². The van der Waals surface area contributed by atoms with Gasteiger partial charge in [0.1, 0.15) is 0 Å². The quantitative estimate of drug-likeness (QED) is 0.220. The molecule has 8 heteroatoms. The highest BCUT2D eigenvalue weighted by Crippen LogP contribution is 2.19. The molecule has 29 heavy (non-hydrogen) atoms. The first-order chi connectivity index (χ1) is 14.1. The number of aryl methyl sites for hydroxylation is 1. The second-order valence-electron chi connectivity index (χ2n) is 6.44. The molecule has 0 fully saturated rings. The fourth-order valence-electron chi connectivity index (χ4n) is 2.76. The van der Waals surface area contributed by atoms with Gasteiger partial charge >= 0.3 is 0 Å². The molecule has 0 saturated carbocycles. The Labute approximate surface area is 169 Å². The van der Waals surface area contributed by atoms with Crippen molar-refractivity contribution in [3.8, 4) is 0 Å². The first-order valence-electron chi connectivity index (χ1n) is 9.38. The molecule has 3 aromatic rings. The smallest absolute Gasteiger partial charge is 0.185 e. The Bertz CT molecular complexity index is 999. The summed E-state index contributed by atoms with van der Waals surface area (Å²) in [6.45, 7) is 3.46. The van der Waals surface area contributed by atoms with Crippen molar-refractivity contribution < 1.29 is 4.84 Å². The van der Waals surface area contributed by atoms with E-state index in [1.54, 1.807) is 6.20 Å². The number of hydrogen-bond acceptors (Lipinski definition) is 6. The number of nitrogens with one attached hydrogen (secondary N) is 1. The van der Waals surface area contributed by atoms with Gasteiger partial charge in [0.2, 0.25) is 0 Å². The average Bonchev–Trinajstić information content (AvgIpc) is 2.72. The van der Waals surface area contributed by atoms with Crippen LogP contribution in [-0.4, -0.2) is 40.6 Å². The van der Waals surface area contributed by atoms with E-state index in [1.165, 1.54) is 5.56 Å². The number of hydroxylamine groups is 1. The lowest BCUT2D eigenvalue weighted by molar-refractivity contribution is 0.0478. The van der Waals surface area contributed by atoms with Crippen LogP contribution in [0.5, 0.6) is 0 Å². The zero-order valence-electron chi connectivity index (χ0n) is 16.4. The van der Waals surface area contributed by atoms with E-state index in [4.69, 9.17) is 21.3 Å². The molecule has 2 aromatic heterocycles. The molecule has 1 aromatic carbocycles. The molecule has 0 amide bonds. The van der Waals surface area contributed by atoms with Gasteiger partial charge in [0.05, 0.1) is 30.1 Å². The minimum atomic E-state index is 0.0581. The zero-order valence-corrected chi connectivity index (χ0v) is 16.4. The zero-order chi connectivity index (χ0) is 20.5. The Morgan fingerprint density at radius 2 is 2.07 bits per heavy atom. The molecule has 0 saturated heterocycles. The van der Waals surface area contributed by atoms with Crippen molar-refractivity contribution in [1.82, 2.24) is 20.4 Å². The highest BCUT2D eigenvalue weighted by atomic mass is 16.6. The summed E-state index contributed by atoms with van der Waals surface area (Å²) in [5, 5.41) is 1.04. The number of nitrogens with two attached hydrogens (primary N) is 2. The first kappa shape index (κ1) is 20.4. The molecule has 0 aliphatic carbocycles. The van der Waals surface area contributed by atoms with Crippen LogP contribution in [0.3, 0.4) is 0 Å². The number of rotatable bonds is 9. The van der Waals surface area contributed by atoms with E-state index >= 15 is 0 Å². The number of hydrogen-bond donors (Lipinski definition) is 3. The number of benzene rings is 1. The molecule has 0 spiro atoms. The molecule has 0 atom stereocenters. The third-order valence-electron chi connectivity index (χ3n) is 4.09. The van der Waals surface area contributed by atoms with E-state index in [0.717, 1.165) is 22.3 Å². The summed E-state index contributed by atoms with van der Waals surface area (Å²) in [4.78, 5) is 22.9. The molecule has 0 radical (unpaired) electrons. The predicted molar refractivity (Wildman–Crippen MR) is 116 cm³/mol. The van der Waals surface area contributed by atoms with Crippen molar-refractivity contribution in [1.29, 1.82) is 0 Å². The molecular weight excluding hydrogens is 366 g/mol. The van der Waals surface area contributed by atoms with Crippen LogP contribution in [0.4, 0.5) is 0 Å². The van der Waals surface area contributed by atoms with Gasteiger partial charge in [0.15, 0.2) is 11.8 Å². The highest BCUT2D eigenvalue weighted by molar-refractivity contribution is 5.83. The van der Waals surface area contributed by atoms with Crippen LogP contribution in [0.25, 0.3) is 23.1 Å². The van der Waals surface area contributed by atoms with Crippen LogP contribution in [0.15, 0.2) is 47.6 Å². The van der Waals surface area contributed by atoms with Gasteiger partial charge < -0.3 is 11.5 Å². The molecule has 150 valence electrons. The molecular formula is C21H25N7O. The lowest BCUT2D eigenvalue weighted by Crippen LogP contribution is -2.25. The Kier molecular flexibility index (Phi) is 7.21.